The number of guanidine groups is 1. The molecule has 3 rings (SSSR count). The first-order chi connectivity index (χ1) is 15.8. The summed E-state index contributed by atoms with van der Waals surface area (Å²) in [6.07, 6.45) is 6.03. The van der Waals surface area contributed by atoms with E-state index in [4.69, 9.17) is 13.9 Å². The van der Waals surface area contributed by atoms with Crippen molar-refractivity contribution < 1.29 is 13.9 Å². The first-order valence-electron chi connectivity index (χ1n) is 11.7. The smallest absolute Gasteiger partial charge is 0.191 e. The summed E-state index contributed by atoms with van der Waals surface area (Å²) >= 11 is 0. The lowest BCUT2D eigenvalue weighted by Gasteiger charge is -2.31. The predicted molar refractivity (Wildman–Crippen MR) is 128 cm³/mol. The van der Waals surface area contributed by atoms with Gasteiger partial charge in [0.25, 0.3) is 0 Å². The summed E-state index contributed by atoms with van der Waals surface area (Å²) in [5.74, 6) is 1.78. The molecule has 0 aliphatic carbocycles. The number of methoxy groups -OCH3 is 1. The maximum atomic E-state index is 6.12. The topological polar surface area (TPSA) is 71.3 Å². The molecule has 0 saturated carbocycles. The second-order valence-corrected chi connectivity index (χ2v) is 8.09. The molecule has 0 amide bonds. The van der Waals surface area contributed by atoms with E-state index >= 15 is 0 Å². The molecule has 0 spiro atoms. The van der Waals surface area contributed by atoms with Gasteiger partial charge in [0.15, 0.2) is 5.96 Å². The summed E-state index contributed by atoms with van der Waals surface area (Å²) in [5.41, 5.74) is 1.39. The molecule has 1 saturated heterocycles. The Kier molecular flexibility index (Phi) is 11.1. The van der Waals surface area contributed by atoms with Crippen molar-refractivity contribution >= 4 is 5.96 Å². The second kappa shape index (κ2) is 14.7. The van der Waals surface area contributed by atoms with Gasteiger partial charge in [-0.25, -0.2) is 0 Å². The van der Waals surface area contributed by atoms with Crippen LogP contribution in [0.4, 0.5) is 0 Å². The quantitative estimate of drug-likeness (QED) is 0.282. The molecule has 0 radical (unpaired) electrons. The van der Waals surface area contributed by atoms with Gasteiger partial charge in [-0.15, -0.1) is 0 Å². The number of piperidine rings is 1. The Morgan fingerprint density at radius 1 is 1.06 bits per heavy atom. The molecule has 176 valence electrons. The number of nitrogens with one attached hydrogen (secondary N) is 2. The predicted octanol–water partition coefficient (Wildman–Crippen LogP) is 3.08. The third kappa shape index (κ3) is 9.42. The first-order valence-corrected chi connectivity index (χ1v) is 11.7. The van der Waals surface area contributed by atoms with Gasteiger partial charge in [0.05, 0.1) is 19.0 Å². The molecule has 1 aromatic heterocycles. The lowest BCUT2D eigenvalue weighted by molar-refractivity contribution is 0.00566. The van der Waals surface area contributed by atoms with Gasteiger partial charge < -0.3 is 24.5 Å². The molecule has 7 nitrogen and oxygen atoms in total. The van der Waals surface area contributed by atoms with E-state index < -0.39 is 0 Å². The van der Waals surface area contributed by atoms with Gasteiger partial charge in [-0.05, 0) is 37.0 Å². The fraction of sp³-hybridized carbons (Fsp3) is 0.560. The molecule has 0 atom stereocenters. The third-order valence-corrected chi connectivity index (χ3v) is 5.55. The number of hydrogen-bond acceptors (Lipinski definition) is 5. The van der Waals surface area contributed by atoms with Crippen molar-refractivity contribution in [3.05, 3.63) is 60.1 Å². The highest BCUT2D eigenvalue weighted by Gasteiger charge is 2.19. The number of nitrogens with zero attached hydrogens (tertiary/aromatic N) is 2. The summed E-state index contributed by atoms with van der Waals surface area (Å²) in [6, 6.07) is 14.6. The lowest BCUT2D eigenvalue weighted by atomic mass is 10.1. The molecule has 7 heteroatoms. The van der Waals surface area contributed by atoms with Crippen molar-refractivity contribution in [2.75, 3.05) is 53.0 Å². The Balaban J connectivity index is 1.29. The first kappa shape index (κ1) is 24.3. The fourth-order valence-corrected chi connectivity index (χ4v) is 3.79. The largest absolute Gasteiger partial charge is 0.469 e. The van der Waals surface area contributed by atoms with E-state index in [1.807, 2.05) is 12.1 Å². The van der Waals surface area contributed by atoms with Crippen LogP contribution in [0.2, 0.25) is 0 Å². The summed E-state index contributed by atoms with van der Waals surface area (Å²) in [6.45, 7) is 6.86. The average molecular weight is 443 g/mol. The molecular formula is C25H38N4O3. The van der Waals surface area contributed by atoms with Crippen molar-refractivity contribution in [3.63, 3.8) is 0 Å². The molecule has 1 fully saturated rings. The van der Waals surface area contributed by atoms with E-state index in [2.05, 4.69) is 50.9 Å². The normalized spacial score (nSPS) is 15.7. The molecular weight excluding hydrogens is 404 g/mol. The van der Waals surface area contributed by atoms with Gasteiger partial charge >= 0.3 is 0 Å². The Morgan fingerprint density at radius 2 is 1.88 bits per heavy atom. The molecule has 0 unspecified atom stereocenters. The Labute approximate surface area is 192 Å². The number of benzene rings is 1. The second-order valence-electron chi connectivity index (χ2n) is 8.09. The number of ether oxygens (including phenoxy) is 2. The van der Waals surface area contributed by atoms with Crippen molar-refractivity contribution in [1.29, 1.82) is 0 Å². The van der Waals surface area contributed by atoms with Gasteiger partial charge in [-0.1, -0.05) is 30.3 Å². The minimum atomic E-state index is 0.372. The number of hydrogen-bond donors (Lipinski definition) is 2. The molecule has 1 aliphatic rings. The zero-order chi connectivity index (χ0) is 22.3. The van der Waals surface area contributed by atoms with E-state index in [-0.39, 0.29) is 0 Å². The van der Waals surface area contributed by atoms with E-state index in [0.717, 1.165) is 83.3 Å². The van der Waals surface area contributed by atoms with Crippen LogP contribution >= 0.6 is 0 Å². The molecule has 2 aromatic rings. The van der Waals surface area contributed by atoms with Crippen LogP contribution in [-0.2, 0) is 22.4 Å². The van der Waals surface area contributed by atoms with Gasteiger partial charge in [0.2, 0.25) is 0 Å². The van der Waals surface area contributed by atoms with E-state index in [1.54, 1.807) is 13.4 Å². The average Bonchev–Trinajstić information content (AvgIpc) is 3.34. The minimum absolute atomic E-state index is 0.372. The summed E-state index contributed by atoms with van der Waals surface area (Å²) in [7, 11) is 1.70. The van der Waals surface area contributed by atoms with Crippen LogP contribution in [0.1, 0.15) is 30.6 Å². The summed E-state index contributed by atoms with van der Waals surface area (Å²) in [5, 5.41) is 6.66. The molecule has 32 heavy (non-hydrogen) atoms. The van der Waals surface area contributed by atoms with Crippen LogP contribution in [0.3, 0.4) is 0 Å². The number of aliphatic imine (C=N–C) groups is 1. The Bertz CT molecular complexity index is 744. The van der Waals surface area contributed by atoms with E-state index in [1.165, 1.54) is 5.56 Å². The summed E-state index contributed by atoms with van der Waals surface area (Å²) in [4.78, 5) is 7.20. The molecule has 2 heterocycles. The molecule has 0 bridgehead atoms. The van der Waals surface area contributed by atoms with Gasteiger partial charge in [-0.2, -0.15) is 0 Å². The summed E-state index contributed by atoms with van der Waals surface area (Å²) < 4.78 is 16.6. The van der Waals surface area contributed by atoms with Crippen molar-refractivity contribution in [3.8, 4) is 0 Å². The Hall–Kier alpha value is -2.35. The number of furan rings is 1. The van der Waals surface area contributed by atoms with E-state index in [9.17, 15) is 0 Å². The third-order valence-electron chi connectivity index (χ3n) is 5.55. The van der Waals surface area contributed by atoms with Crippen LogP contribution in [0.15, 0.2) is 58.1 Å². The van der Waals surface area contributed by atoms with Crippen molar-refractivity contribution in [2.24, 2.45) is 4.99 Å². The fourth-order valence-electron chi connectivity index (χ4n) is 3.79. The zero-order valence-electron chi connectivity index (χ0n) is 19.3. The molecule has 2 N–H and O–H groups in total. The van der Waals surface area contributed by atoms with Gasteiger partial charge in [-0.3, -0.25) is 9.89 Å². The lowest BCUT2D eigenvalue weighted by Crippen LogP contribution is -2.40. The van der Waals surface area contributed by atoms with Crippen LogP contribution < -0.4 is 10.6 Å². The van der Waals surface area contributed by atoms with Gasteiger partial charge in [0.1, 0.15) is 5.76 Å². The molecule has 1 aromatic carbocycles. The zero-order valence-corrected chi connectivity index (χ0v) is 19.3. The number of rotatable bonds is 13. The van der Waals surface area contributed by atoms with E-state index in [0.29, 0.717) is 12.7 Å². The highest BCUT2D eigenvalue weighted by atomic mass is 16.5. The highest BCUT2D eigenvalue weighted by Crippen LogP contribution is 2.16. The SMILES string of the molecule is COCCNC(=NCCCOC1CCN(Cc2ccccc2)CC1)NCCc1ccco1. The van der Waals surface area contributed by atoms with Gasteiger partial charge in [0, 0.05) is 59.4 Å². The van der Waals surface area contributed by atoms with Crippen LogP contribution in [0.25, 0.3) is 0 Å². The van der Waals surface area contributed by atoms with Crippen LogP contribution in [-0.4, -0.2) is 70.0 Å². The Morgan fingerprint density at radius 3 is 2.62 bits per heavy atom. The van der Waals surface area contributed by atoms with Crippen LogP contribution in [0.5, 0.6) is 0 Å². The monoisotopic (exact) mass is 442 g/mol. The molecule has 1 aliphatic heterocycles. The van der Waals surface area contributed by atoms with Crippen LogP contribution in [0, 0.1) is 0 Å². The standard InChI is InChI=1S/C25H38N4O3/c1-30-20-15-28-25(27-14-10-23-9-5-18-31-23)26-13-6-19-32-24-11-16-29(17-12-24)21-22-7-3-2-4-8-22/h2-5,7-9,18,24H,6,10-17,19-21H2,1H3,(H2,26,27,28). The number of likely N-dealkylation sites (tertiary alicyclic amines) is 1. The van der Waals surface area contributed by atoms with Crippen molar-refractivity contribution in [2.45, 2.75) is 38.3 Å². The maximum absolute atomic E-state index is 6.12. The van der Waals surface area contributed by atoms with Crippen molar-refractivity contribution in [1.82, 2.24) is 15.5 Å². The maximum Gasteiger partial charge on any atom is 0.191 e. The minimum Gasteiger partial charge on any atom is -0.469 e. The highest BCUT2D eigenvalue weighted by molar-refractivity contribution is 5.79.